The smallest absolute Gasteiger partial charge is 0.239 e. The molecule has 1 heterocycles. The SMILES string of the molecule is CC[C@@H](COc1cc(Cl)ccc1C1CCN(C(=O)[C@H](N)Cc2ccc(Cl)cc2F)CC1)N(C)C. The zero-order chi connectivity index (χ0) is 24.8. The number of nitrogens with zero attached hydrogens (tertiary/aromatic N) is 2. The van der Waals surface area contributed by atoms with E-state index in [-0.39, 0.29) is 18.2 Å². The van der Waals surface area contributed by atoms with Crippen molar-refractivity contribution in [2.45, 2.75) is 50.6 Å². The summed E-state index contributed by atoms with van der Waals surface area (Å²) in [6.07, 6.45) is 2.73. The third-order valence-electron chi connectivity index (χ3n) is 6.63. The third-order valence-corrected chi connectivity index (χ3v) is 7.10. The van der Waals surface area contributed by atoms with Gasteiger partial charge in [0.15, 0.2) is 0 Å². The standard InChI is InChI=1S/C26H34Cl2FN3O2/c1-4-21(31(2)3)16-34-25-15-20(28)7-8-22(25)17-9-11-32(12-10-17)26(33)24(30)13-18-5-6-19(27)14-23(18)29/h5-8,14-15,17,21,24H,4,9-13,16,30H2,1-3H3/t21-,24+/m0/s1. The lowest BCUT2D eigenvalue weighted by Crippen LogP contribution is -2.47. The molecule has 2 atom stereocenters. The third kappa shape index (κ3) is 6.85. The van der Waals surface area contributed by atoms with E-state index in [2.05, 4.69) is 25.9 Å². The molecule has 0 bridgehead atoms. The summed E-state index contributed by atoms with van der Waals surface area (Å²) in [6, 6.07) is 9.76. The summed E-state index contributed by atoms with van der Waals surface area (Å²) in [7, 11) is 4.10. The number of likely N-dealkylation sites (tertiary alicyclic amines) is 1. The first-order valence-electron chi connectivity index (χ1n) is 11.8. The number of carbonyl (C=O) groups excluding carboxylic acids is 1. The fraction of sp³-hybridized carbons (Fsp3) is 0.500. The van der Waals surface area contributed by atoms with E-state index in [1.54, 1.807) is 17.0 Å². The topological polar surface area (TPSA) is 58.8 Å². The van der Waals surface area contributed by atoms with Crippen LogP contribution in [0.1, 0.15) is 43.2 Å². The van der Waals surface area contributed by atoms with E-state index in [0.29, 0.717) is 41.3 Å². The predicted octanol–water partition coefficient (Wildman–Crippen LogP) is 5.13. The van der Waals surface area contributed by atoms with E-state index in [4.69, 9.17) is 33.7 Å². The van der Waals surface area contributed by atoms with E-state index in [9.17, 15) is 9.18 Å². The van der Waals surface area contributed by atoms with E-state index in [0.717, 1.165) is 30.6 Å². The normalized spacial score (nSPS) is 16.5. The van der Waals surface area contributed by atoms with Crippen molar-refractivity contribution in [3.8, 4) is 5.75 Å². The molecule has 1 saturated heterocycles. The Kier molecular flexibility index (Phi) is 9.60. The molecule has 2 aromatic carbocycles. The highest BCUT2D eigenvalue weighted by molar-refractivity contribution is 6.31. The van der Waals surface area contributed by atoms with Crippen LogP contribution in [0.5, 0.6) is 5.75 Å². The predicted molar refractivity (Wildman–Crippen MR) is 136 cm³/mol. The molecule has 34 heavy (non-hydrogen) atoms. The molecule has 2 N–H and O–H groups in total. The Labute approximate surface area is 211 Å². The van der Waals surface area contributed by atoms with Gasteiger partial charge in [0.25, 0.3) is 0 Å². The van der Waals surface area contributed by atoms with Gasteiger partial charge in [-0.05, 0) is 81.1 Å². The van der Waals surface area contributed by atoms with Crippen molar-refractivity contribution in [1.29, 1.82) is 0 Å². The zero-order valence-electron chi connectivity index (χ0n) is 20.1. The number of rotatable bonds is 9. The first kappa shape index (κ1) is 26.7. The van der Waals surface area contributed by atoms with Crippen molar-refractivity contribution in [3.05, 3.63) is 63.4 Å². The van der Waals surface area contributed by atoms with Crippen LogP contribution in [-0.4, -0.2) is 61.6 Å². The van der Waals surface area contributed by atoms with Gasteiger partial charge >= 0.3 is 0 Å². The average molecular weight is 510 g/mol. The van der Waals surface area contributed by atoms with E-state index in [1.807, 2.05) is 18.2 Å². The Morgan fingerprint density at radius 1 is 1.18 bits per heavy atom. The molecule has 0 spiro atoms. The number of hydrogen-bond acceptors (Lipinski definition) is 4. The molecule has 1 aliphatic rings. The minimum Gasteiger partial charge on any atom is -0.492 e. The Morgan fingerprint density at radius 3 is 2.44 bits per heavy atom. The molecule has 0 radical (unpaired) electrons. The number of piperidine rings is 1. The first-order chi connectivity index (χ1) is 16.2. The van der Waals surface area contributed by atoms with Gasteiger partial charge in [0.2, 0.25) is 5.91 Å². The average Bonchev–Trinajstić information content (AvgIpc) is 2.81. The van der Waals surface area contributed by atoms with Gasteiger partial charge in [-0.2, -0.15) is 0 Å². The molecule has 1 amide bonds. The van der Waals surface area contributed by atoms with Crippen LogP contribution in [0.25, 0.3) is 0 Å². The monoisotopic (exact) mass is 509 g/mol. The van der Waals surface area contributed by atoms with Crippen LogP contribution < -0.4 is 10.5 Å². The van der Waals surface area contributed by atoms with Crippen molar-refractivity contribution in [2.24, 2.45) is 5.73 Å². The van der Waals surface area contributed by atoms with E-state index in [1.165, 1.54) is 6.07 Å². The molecule has 0 aliphatic carbocycles. The van der Waals surface area contributed by atoms with Crippen LogP contribution in [0.2, 0.25) is 10.0 Å². The molecule has 1 fully saturated rings. The Hall–Kier alpha value is -1.86. The second-order valence-electron chi connectivity index (χ2n) is 9.16. The molecule has 1 aliphatic heterocycles. The highest BCUT2D eigenvalue weighted by atomic mass is 35.5. The lowest BCUT2D eigenvalue weighted by Gasteiger charge is -2.34. The maximum Gasteiger partial charge on any atom is 0.239 e. The fourth-order valence-corrected chi connectivity index (χ4v) is 4.77. The van der Waals surface area contributed by atoms with Crippen LogP contribution in [0.15, 0.2) is 36.4 Å². The minimum absolute atomic E-state index is 0.140. The molecular weight excluding hydrogens is 476 g/mol. The number of nitrogens with two attached hydrogens (primary N) is 1. The second kappa shape index (κ2) is 12.2. The molecule has 3 rings (SSSR count). The molecular formula is C26H34Cl2FN3O2. The quantitative estimate of drug-likeness (QED) is 0.509. The van der Waals surface area contributed by atoms with Crippen LogP contribution in [0.3, 0.4) is 0 Å². The first-order valence-corrected chi connectivity index (χ1v) is 12.5. The highest BCUT2D eigenvalue weighted by Gasteiger charge is 2.29. The summed E-state index contributed by atoms with van der Waals surface area (Å²) < 4.78 is 20.3. The molecule has 0 unspecified atom stereocenters. The maximum absolute atomic E-state index is 14.1. The van der Waals surface area contributed by atoms with Gasteiger partial charge in [-0.1, -0.05) is 42.3 Å². The summed E-state index contributed by atoms with van der Waals surface area (Å²) in [4.78, 5) is 16.9. The van der Waals surface area contributed by atoms with Crippen LogP contribution in [0.4, 0.5) is 4.39 Å². The minimum atomic E-state index is -0.793. The lowest BCUT2D eigenvalue weighted by atomic mass is 9.88. The summed E-state index contributed by atoms with van der Waals surface area (Å²) in [5.41, 5.74) is 7.67. The van der Waals surface area contributed by atoms with Crippen molar-refractivity contribution in [2.75, 3.05) is 33.8 Å². The van der Waals surface area contributed by atoms with E-state index < -0.39 is 11.9 Å². The van der Waals surface area contributed by atoms with Gasteiger partial charge in [0, 0.05) is 29.2 Å². The van der Waals surface area contributed by atoms with Crippen LogP contribution >= 0.6 is 23.2 Å². The van der Waals surface area contributed by atoms with Gasteiger partial charge in [-0.25, -0.2) is 4.39 Å². The molecule has 5 nitrogen and oxygen atoms in total. The summed E-state index contributed by atoms with van der Waals surface area (Å²) in [5.74, 6) is 0.481. The lowest BCUT2D eigenvalue weighted by molar-refractivity contribution is -0.133. The van der Waals surface area contributed by atoms with Crippen molar-refractivity contribution < 1.29 is 13.9 Å². The maximum atomic E-state index is 14.1. The highest BCUT2D eigenvalue weighted by Crippen LogP contribution is 2.36. The number of amides is 1. The number of likely N-dealkylation sites (N-methyl/N-ethyl adjacent to an activating group) is 1. The summed E-state index contributed by atoms with van der Waals surface area (Å²) in [6.45, 7) is 3.92. The largest absolute Gasteiger partial charge is 0.492 e. The molecule has 0 aromatic heterocycles. The molecule has 186 valence electrons. The second-order valence-corrected chi connectivity index (χ2v) is 10.0. The molecule has 0 saturated carbocycles. The Morgan fingerprint density at radius 2 is 1.82 bits per heavy atom. The van der Waals surface area contributed by atoms with Crippen LogP contribution in [-0.2, 0) is 11.2 Å². The van der Waals surface area contributed by atoms with Crippen molar-refractivity contribution in [1.82, 2.24) is 9.80 Å². The van der Waals surface area contributed by atoms with Gasteiger partial charge in [-0.3, -0.25) is 4.79 Å². The number of ether oxygens (including phenoxy) is 1. The summed E-state index contributed by atoms with van der Waals surface area (Å²) >= 11 is 12.1. The van der Waals surface area contributed by atoms with Crippen molar-refractivity contribution >= 4 is 29.1 Å². The summed E-state index contributed by atoms with van der Waals surface area (Å²) in [5, 5.41) is 0.963. The molecule has 2 aromatic rings. The zero-order valence-corrected chi connectivity index (χ0v) is 21.6. The van der Waals surface area contributed by atoms with Crippen molar-refractivity contribution in [3.63, 3.8) is 0 Å². The van der Waals surface area contributed by atoms with Gasteiger partial charge < -0.3 is 20.3 Å². The number of carbonyl (C=O) groups is 1. The Bertz CT molecular complexity index is 981. The van der Waals surface area contributed by atoms with Crippen LogP contribution in [0, 0.1) is 5.82 Å². The van der Waals surface area contributed by atoms with Gasteiger partial charge in [0.05, 0.1) is 6.04 Å². The number of benzene rings is 2. The van der Waals surface area contributed by atoms with Gasteiger partial charge in [0.1, 0.15) is 18.2 Å². The van der Waals surface area contributed by atoms with E-state index >= 15 is 0 Å². The Balaban J connectivity index is 1.61. The fourth-order valence-electron chi connectivity index (χ4n) is 4.45. The number of hydrogen-bond donors (Lipinski definition) is 1. The number of halogens is 3. The van der Waals surface area contributed by atoms with Gasteiger partial charge in [-0.15, -0.1) is 0 Å². The molecule has 8 heteroatoms.